The Hall–Kier alpha value is -1.40. The Kier molecular flexibility index (Phi) is 4.65. The molecule has 0 fully saturated rings. The van der Waals surface area contributed by atoms with Crippen LogP contribution >= 0.6 is 0 Å². The lowest BCUT2D eigenvalue weighted by molar-refractivity contribution is 0.169. The zero-order valence-corrected chi connectivity index (χ0v) is 10.7. The van der Waals surface area contributed by atoms with Gasteiger partial charge in [-0.05, 0) is 37.7 Å². The molecule has 0 saturated heterocycles. The number of benzene rings is 1. The predicted octanol–water partition coefficient (Wildman–Crippen LogP) is 2.99. The minimum atomic E-state index is -0.572. The molecular formula is C14H19FN2. The minimum absolute atomic E-state index is 0.248. The van der Waals surface area contributed by atoms with Gasteiger partial charge in [-0.1, -0.05) is 26.0 Å². The van der Waals surface area contributed by atoms with E-state index in [1.165, 1.54) is 12.1 Å². The molecule has 0 aliphatic heterocycles. The molecule has 92 valence electrons. The summed E-state index contributed by atoms with van der Waals surface area (Å²) in [4.78, 5) is 2.10. The Balaban J connectivity index is 2.93. The summed E-state index contributed by atoms with van der Waals surface area (Å²) < 4.78 is 13.1. The van der Waals surface area contributed by atoms with E-state index in [4.69, 9.17) is 0 Å². The Morgan fingerprint density at radius 1 is 1.35 bits per heavy atom. The summed E-state index contributed by atoms with van der Waals surface area (Å²) in [6, 6.07) is 8.82. The van der Waals surface area contributed by atoms with E-state index in [1.807, 2.05) is 26.8 Å². The fraction of sp³-hybridized carbons (Fsp3) is 0.500. The highest BCUT2D eigenvalue weighted by Gasteiger charge is 2.30. The molecule has 0 aliphatic rings. The standard InChI is InChI=1S/C14H19FN2/c1-4-17(5-2)14(3,11-16)10-12-7-6-8-13(15)9-12/h6-9H,4-5,10H2,1-3H3. The molecule has 0 radical (unpaired) electrons. The molecule has 1 unspecified atom stereocenters. The highest BCUT2D eigenvalue weighted by Crippen LogP contribution is 2.20. The molecule has 1 aromatic rings. The van der Waals surface area contributed by atoms with Crippen molar-refractivity contribution in [3.63, 3.8) is 0 Å². The fourth-order valence-corrected chi connectivity index (χ4v) is 2.19. The normalized spacial score (nSPS) is 14.4. The van der Waals surface area contributed by atoms with Crippen LogP contribution in [0.15, 0.2) is 24.3 Å². The SMILES string of the molecule is CCN(CC)C(C)(C#N)Cc1cccc(F)c1. The summed E-state index contributed by atoms with van der Waals surface area (Å²) in [5, 5.41) is 9.36. The Bertz CT molecular complexity index is 407. The second-order valence-corrected chi connectivity index (χ2v) is 4.36. The maximum Gasteiger partial charge on any atom is 0.123 e. The summed E-state index contributed by atoms with van der Waals surface area (Å²) in [7, 11) is 0. The molecule has 0 aliphatic carbocycles. The lowest BCUT2D eigenvalue weighted by atomic mass is 9.92. The maximum absolute atomic E-state index is 13.1. The number of hydrogen-bond donors (Lipinski definition) is 0. The third kappa shape index (κ3) is 3.28. The second-order valence-electron chi connectivity index (χ2n) is 4.36. The van der Waals surface area contributed by atoms with Gasteiger partial charge in [-0.3, -0.25) is 4.90 Å². The van der Waals surface area contributed by atoms with Crippen molar-refractivity contribution >= 4 is 0 Å². The molecule has 17 heavy (non-hydrogen) atoms. The first kappa shape index (κ1) is 13.7. The summed E-state index contributed by atoms with van der Waals surface area (Å²) in [5.74, 6) is -0.248. The molecule has 1 rings (SSSR count). The summed E-state index contributed by atoms with van der Waals surface area (Å²) >= 11 is 0. The van der Waals surface area contributed by atoms with Gasteiger partial charge in [-0.15, -0.1) is 0 Å². The minimum Gasteiger partial charge on any atom is -0.286 e. The van der Waals surface area contributed by atoms with Crippen LogP contribution in [0.4, 0.5) is 4.39 Å². The van der Waals surface area contributed by atoms with E-state index >= 15 is 0 Å². The maximum atomic E-state index is 13.1. The van der Waals surface area contributed by atoms with E-state index in [9.17, 15) is 9.65 Å². The van der Waals surface area contributed by atoms with Crippen LogP contribution < -0.4 is 0 Å². The first-order chi connectivity index (χ1) is 8.05. The molecule has 0 spiro atoms. The fourth-order valence-electron chi connectivity index (χ4n) is 2.19. The average Bonchev–Trinajstić information content (AvgIpc) is 2.30. The van der Waals surface area contributed by atoms with Crippen LogP contribution in [0.2, 0.25) is 0 Å². The first-order valence-corrected chi connectivity index (χ1v) is 5.96. The van der Waals surface area contributed by atoms with Crippen molar-refractivity contribution in [2.24, 2.45) is 0 Å². The van der Waals surface area contributed by atoms with Gasteiger partial charge in [0, 0.05) is 6.42 Å². The van der Waals surface area contributed by atoms with Crippen molar-refractivity contribution in [1.29, 1.82) is 5.26 Å². The third-order valence-electron chi connectivity index (χ3n) is 3.14. The number of rotatable bonds is 5. The van der Waals surface area contributed by atoms with Crippen molar-refractivity contribution in [2.75, 3.05) is 13.1 Å². The molecule has 1 atom stereocenters. The van der Waals surface area contributed by atoms with Crippen molar-refractivity contribution in [3.05, 3.63) is 35.6 Å². The van der Waals surface area contributed by atoms with Crippen molar-refractivity contribution < 1.29 is 4.39 Å². The average molecular weight is 234 g/mol. The molecule has 3 heteroatoms. The lowest BCUT2D eigenvalue weighted by Crippen LogP contribution is -2.46. The highest BCUT2D eigenvalue weighted by atomic mass is 19.1. The van der Waals surface area contributed by atoms with Crippen molar-refractivity contribution in [3.8, 4) is 6.07 Å². The van der Waals surface area contributed by atoms with Gasteiger partial charge in [0.2, 0.25) is 0 Å². The van der Waals surface area contributed by atoms with Gasteiger partial charge in [0.05, 0.1) is 6.07 Å². The Labute approximate surface area is 103 Å². The van der Waals surface area contributed by atoms with Crippen LogP contribution in [0.3, 0.4) is 0 Å². The van der Waals surface area contributed by atoms with Gasteiger partial charge in [-0.25, -0.2) is 4.39 Å². The monoisotopic (exact) mass is 234 g/mol. The summed E-state index contributed by atoms with van der Waals surface area (Å²) in [5.41, 5.74) is 0.290. The number of nitrogens with zero attached hydrogens (tertiary/aromatic N) is 2. The number of halogens is 1. The Morgan fingerprint density at radius 3 is 2.47 bits per heavy atom. The van der Waals surface area contributed by atoms with Crippen LogP contribution in [-0.4, -0.2) is 23.5 Å². The van der Waals surface area contributed by atoms with Crippen LogP contribution in [-0.2, 0) is 6.42 Å². The van der Waals surface area contributed by atoms with E-state index in [2.05, 4.69) is 11.0 Å². The highest BCUT2D eigenvalue weighted by molar-refractivity contribution is 5.22. The number of likely N-dealkylation sites (N-methyl/N-ethyl adjacent to an activating group) is 1. The predicted molar refractivity (Wildman–Crippen MR) is 67.0 cm³/mol. The van der Waals surface area contributed by atoms with E-state index in [0.29, 0.717) is 6.42 Å². The topological polar surface area (TPSA) is 27.0 Å². The number of hydrogen-bond acceptors (Lipinski definition) is 2. The molecule has 0 N–H and O–H groups in total. The van der Waals surface area contributed by atoms with Gasteiger partial charge in [-0.2, -0.15) is 5.26 Å². The molecule has 0 aromatic heterocycles. The van der Waals surface area contributed by atoms with E-state index in [-0.39, 0.29) is 5.82 Å². The van der Waals surface area contributed by atoms with E-state index in [1.54, 1.807) is 6.07 Å². The molecule has 2 nitrogen and oxygen atoms in total. The van der Waals surface area contributed by atoms with Crippen LogP contribution in [0.25, 0.3) is 0 Å². The smallest absolute Gasteiger partial charge is 0.123 e. The zero-order chi connectivity index (χ0) is 12.9. The van der Waals surface area contributed by atoms with Gasteiger partial charge in [0.25, 0.3) is 0 Å². The quantitative estimate of drug-likeness (QED) is 0.783. The number of nitriles is 1. The first-order valence-electron chi connectivity index (χ1n) is 5.96. The molecule has 0 amide bonds. The third-order valence-corrected chi connectivity index (χ3v) is 3.14. The summed E-state index contributed by atoms with van der Waals surface area (Å²) in [6.07, 6.45) is 0.545. The van der Waals surface area contributed by atoms with Gasteiger partial charge < -0.3 is 0 Å². The van der Waals surface area contributed by atoms with Crippen LogP contribution in [0.5, 0.6) is 0 Å². The zero-order valence-electron chi connectivity index (χ0n) is 10.7. The molecule has 1 aromatic carbocycles. The molecular weight excluding hydrogens is 215 g/mol. The lowest BCUT2D eigenvalue weighted by Gasteiger charge is -2.34. The van der Waals surface area contributed by atoms with Crippen LogP contribution in [0.1, 0.15) is 26.3 Å². The van der Waals surface area contributed by atoms with Gasteiger partial charge in [0.1, 0.15) is 11.4 Å². The summed E-state index contributed by atoms with van der Waals surface area (Å²) in [6.45, 7) is 7.60. The van der Waals surface area contributed by atoms with Crippen molar-refractivity contribution in [2.45, 2.75) is 32.7 Å². The van der Waals surface area contributed by atoms with Gasteiger partial charge >= 0.3 is 0 Å². The second kappa shape index (κ2) is 5.79. The molecule has 0 heterocycles. The molecule has 0 bridgehead atoms. The Morgan fingerprint density at radius 2 is 2.00 bits per heavy atom. The van der Waals surface area contributed by atoms with Crippen LogP contribution in [0, 0.1) is 17.1 Å². The van der Waals surface area contributed by atoms with Gasteiger partial charge in [0.15, 0.2) is 0 Å². The van der Waals surface area contributed by atoms with Crippen molar-refractivity contribution in [1.82, 2.24) is 4.90 Å². The van der Waals surface area contributed by atoms with E-state index < -0.39 is 5.54 Å². The molecule has 0 saturated carbocycles. The largest absolute Gasteiger partial charge is 0.286 e. The van der Waals surface area contributed by atoms with E-state index in [0.717, 1.165) is 18.7 Å².